The first kappa shape index (κ1) is 36.7. The Kier molecular flexibility index (Phi) is 8.57. The van der Waals surface area contributed by atoms with Crippen LogP contribution in [0.2, 0.25) is 0 Å². The van der Waals surface area contributed by atoms with E-state index in [2.05, 4.69) is 212 Å². The number of fused-ring (bicyclic) bond motifs is 3. The van der Waals surface area contributed by atoms with Gasteiger partial charge < -0.3 is 23.5 Å². The van der Waals surface area contributed by atoms with E-state index in [0.717, 1.165) is 44.7 Å². The van der Waals surface area contributed by atoms with E-state index in [1.54, 1.807) is 0 Å². The fourth-order valence-electron chi connectivity index (χ4n) is 8.63. The summed E-state index contributed by atoms with van der Waals surface area (Å²) in [7, 11) is -1.12. The minimum absolute atomic E-state index is 0.480. The zero-order chi connectivity index (χ0) is 39.1. The van der Waals surface area contributed by atoms with Crippen molar-refractivity contribution in [3.05, 3.63) is 174 Å². The van der Waals surface area contributed by atoms with Crippen LogP contribution in [0.3, 0.4) is 0 Å². The van der Waals surface area contributed by atoms with Crippen molar-refractivity contribution in [2.24, 2.45) is 0 Å². The second-order valence-electron chi connectivity index (χ2n) is 17.4. The van der Waals surface area contributed by atoms with Gasteiger partial charge in [0.15, 0.2) is 0 Å². The van der Waals surface area contributed by atoms with Gasteiger partial charge in [-0.2, -0.15) is 0 Å². The first-order valence-corrected chi connectivity index (χ1v) is 19.8. The number of benzene rings is 6. The molecule has 1 aliphatic carbocycles. The molecule has 280 valence electrons. The molecule has 7 heteroatoms. The predicted octanol–water partition coefficient (Wildman–Crippen LogP) is 10.1. The fraction of sp³-hybridized carbons (Fsp3) is 0.265. The molecule has 0 amide bonds. The van der Waals surface area contributed by atoms with Gasteiger partial charge in [-0.1, -0.05) is 121 Å². The van der Waals surface area contributed by atoms with E-state index in [9.17, 15) is 0 Å². The maximum absolute atomic E-state index is 6.86. The molecule has 2 saturated heterocycles. The minimum Gasteiger partial charge on any atom is -0.399 e. The lowest BCUT2D eigenvalue weighted by atomic mass is 9.65. The fourth-order valence-corrected chi connectivity index (χ4v) is 8.63. The van der Waals surface area contributed by atoms with Crippen LogP contribution < -0.4 is 15.8 Å². The van der Waals surface area contributed by atoms with Crippen LogP contribution in [0, 0.1) is 0 Å². The standard InChI is InChI=1S/C49H49B2NO4/c1-45(2)46(3,4)54-50(53-45)36-29-30-40-41(31-36)49(34-21-13-9-14-22-34,35-23-15-10-16-24-35)42-32-37(51-55-47(5,6)48(7,8)56-51)33-43(44(40)42)52(38-25-17-11-18-26-38)39-27-19-12-20-28-39/h9-33H,1-8H3. The summed E-state index contributed by atoms with van der Waals surface area (Å²) in [5.41, 5.74) is 9.35. The van der Waals surface area contributed by atoms with Crippen molar-refractivity contribution in [1.29, 1.82) is 0 Å². The van der Waals surface area contributed by atoms with Gasteiger partial charge in [0, 0.05) is 16.9 Å². The Morgan fingerprint density at radius 2 is 0.804 bits per heavy atom. The molecule has 6 aromatic carbocycles. The van der Waals surface area contributed by atoms with Crippen molar-refractivity contribution in [1.82, 2.24) is 0 Å². The Hall–Kier alpha value is -4.91. The summed E-state index contributed by atoms with van der Waals surface area (Å²) in [5.74, 6) is 0. The van der Waals surface area contributed by atoms with Gasteiger partial charge in [0.05, 0.1) is 33.5 Å². The van der Waals surface area contributed by atoms with Crippen LogP contribution in [0.15, 0.2) is 152 Å². The summed E-state index contributed by atoms with van der Waals surface area (Å²) in [6, 6.07) is 54.6. The Morgan fingerprint density at radius 1 is 0.411 bits per heavy atom. The molecule has 0 unspecified atom stereocenters. The molecule has 0 N–H and O–H groups in total. The van der Waals surface area contributed by atoms with Gasteiger partial charge in [-0.15, -0.1) is 0 Å². The second-order valence-corrected chi connectivity index (χ2v) is 17.4. The molecule has 5 nitrogen and oxygen atoms in total. The lowest BCUT2D eigenvalue weighted by Gasteiger charge is -2.35. The van der Waals surface area contributed by atoms with Crippen molar-refractivity contribution < 1.29 is 18.6 Å². The highest BCUT2D eigenvalue weighted by Crippen LogP contribution is 2.59. The van der Waals surface area contributed by atoms with Gasteiger partial charge in [0.2, 0.25) is 0 Å². The van der Waals surface area contributed by atoms with Crippen molar-refractivity contribution in [2.75, 3.05) is 4.90 Å². The van der Waals surface area contributed by atoms with Crippen molar-refractivity contribution >= 4 is 42.2 Å². The highest BCUT2D eigenvalue weighted by molar-refractivity contribution is 6.63. The summed E-state index contributed by atoms with van der Waals surface area (Å²) in [4.78, 5) is 2.38. The molecule has 6 aromatic rings. The molecule has 2 heterocycles. The highest BCUT2D eigenvalue weighted by Gasteiger charge is 2.55. The van der Waals surface area contributed by atoms with Crippen LogP contribution in [-0.4, -0.2) is 36.6 Å². The zero-order valence-corrected chi connectivity index (χ0v) is 33.7. The largest absolute Gasteiger partial charge is 0.494 e. The number of hydrogen-bond donors (Lipinski definition) is 0. The van der Waals surface area contributed by atoms with Gasteiger partial charge in [-0.05, 0) is 124 Å². The van der Waals surface area contributed by atoms with E-state index in [-0.39, 0.29) is 0 Å². The number of nitrogens with zero attached hydrogens (tertiary/aromatic N) is 1. The molecule has 3 aliphatic rings. The molecule has 0 saturated carbocycles. The molecule has 0 spiro atoms. The summed E-state index contributed by atoms with van der Waals surface area (Å²) < 4.78 is 27.1. The van der Waals surface area contributed by atoms with Crippen LogP contribution in [0.1, 0.15) is 77.6 Å². The van der Waals surface area contributed by atoms with Gasteiger partial charge in [0.1, 0.15) is 0 Å². The van der Waals surface area contributed by atoms with E-state index < -0.39 is 42.1 Å². The average Bonchev–Trinajstić information content (AvgIpc) is 3.70. The van der Waals surface area contributed by atoms with Gasteiger partial charge in [-0.25, -0.2) is 0 Å². The van der Waals surface area contributed by atoms with Crippen LogP contribution in [-0.2, 0) is 24.0 Å². The highest BCUT2D eigenvalue weighted by atomic mass is 16.7. The van der Waals surface area contributed by atoms with Gasteiger partial charge in [0.25, 0.3) is 0 Å². The summed E-state index contributed by atoms with van der Waals surface area (Å²) in [5, 5.41) is 0. The van der Waals surface area contributed by atoms with Crippen molar-refractivity contribution in [2.45, 2.75) is 83.2 Å². The van der Waals surface area contributed by atoms with Gasteiger partial charge >= 0.3 is 14.2 Å². The van der Waals surface area contributed by atoms with E-state index in [1.165, 1.54) is 16.7 Å². The topological polar surface area (TPSA) is 40.2 Å². The van der Waals surface area contributed by atoms with Crippen LogP contribution in [0.5, 0.6) is 0 Å². The van der Waals surface area contributed by atoms with Crippen LogP contribution >= 0.6 is 0 Å². The number of rotatable bonds is 7. The summed E-state index contributed by atoms with van der Waals surface area (Å²) >= 11 is 0. The van der Waals surface area contributed by atoms with Crippen molar-refractivity contribution in [3.8, 4) is 11.1 Å². The Labute approximate surface area is 332 Å². The number of para-hydroxylation sites is 2. The molecule has 0 bridgehead atoms. The lowest BCUT2D eigenvalue weighted by Crippen LogP contribution is -2.41. The monoisotopic (exact) mass is 737 g/mol. The maximum atomic E-state index is 6.86. The normalized spacial score (nSPS) is 19.4. The summed E-state index contributed by atoms with van der Waals surface area (Å²) in [6.07, 6.45) is 0. The third-order valence-electron chi connectivity index (χ3n) is 13.0. The lowest BCUT2D eigenvalue weighted by molar-refractivity contribution is 0.00578. The molecular formula is C49H49B2NO4. The van der Waals surface area contributed by atoms with E-state index in [0.29, 0.717) is 0 Å². The molecule has 0 aromatic heterocycles. The molecule has 9 rings (SSSR count). The Bertz CT molecular complexity index is 2290. The second kappa shape index (κ2) is 13.1. The Morgan fingerprint density at radius 3 is 1.25 bits per heavy atom. The zero-order valence-electron chi connectivity index (χ0n) is 33.7. The van der Waals surface area contributed by atoms with Crippen LogP contribution in [0.4, 0.5) is 17.1 Å². The third-order valence-corrected chi connectivity index (χ3v) is 13.0. The van der Waals surface area contributed by atoms with E-state index >= 15 is 0 Å². The maximum Gasteiger partial charge on any atom is 0.494 e. The quantitative estimate of drug-likeness (QED) is 0.152. The molecule has 2 fully saturated rings. The summed E-state index contributed by atoms with van der Waals surface area (Å²) in [6.45, 7) is 16.9. The Balaban J connectivity index is 1.41. The smallest absolute Gasteiger partial charge is 0.399 e. The van der Waals surface area contributed by atoms with Gasteiger partial charge in [-0.3, -0.25) is 0 Å². The molecule has 0 radical (unpaired) electrons. The first-order chi connectivity index (χ1) is 26.7. The van der Waals surface area contributed by atoms with Crippen LogP contribution in [0.25, 0.3) is 11.1 Å². The molecule has 2 aliphatic heterocycles. The number of hydrogen-bond acceptors (Lipinski definition) is 5. The molecule has 56 heavy (non-hydrogen) atoms. The molecule has 0 atom stereocenters. The van der Waals surface area contributed by atoms with Crippen molar-refractivity contribution in [3.63, 3.8) is 0 Å². The SMILES string of the molecule is CC1(C)OB(c2ccc3c(c2)C(c2ccccc2)(c2ccccc2)c2cc(B4OC(C)(C)C(C)(C)O4)cc(N(c4ccccc4)c4ccccc4)c2-3)OC1(C)C. The predicted molar refractivity (Wildman–Crippen MR) is 230 cm³/mol. The number of anilines is 3. The minimum atomic E-state index is -0.722. The van der Waals surface area contributed by atoms with E-state index in [4.69, 9.17) is 18.6 Å². The first-order valence-electron chi connectivity index (χ1n) is 19.8. The molecular weight excluding hydrogens is 688 g/mol. The van der Waals surface area contributed by atoms with E-state index in [1.807, 2.05) is 0 Å². The average molecular weight is 738 g/mol. The third kappa shape index (κ3) is 5.62.